The summed E-state index contributed by atoms with van der Waals surface area (Å²) in [6, 6.07) is 0. The van der Waals surface area contributed by atoms with Crippen LogP contribution in [0.2, 0.25) is 0 Å². The summed E-state index contributed by atoms with van der Waals surface area (Å²) in [4.78, 5) is 0. The first-order valence-electron chi connectivity index (χ1n) is 7.57. The van der Waals surface area contributed by atoms with Crippen molar-refractivity contribution in [3.8, 4) is 0 Å². The molecule has 0 aromatic carbocycles. The second-order valence-electron chi connectivity index (χ2n) is 6.47. The Bertz CT molecular complexity index is 254. The molecule has 2 heteroatoms. The van der Waals surface area contributed by atoms with Crippen LogP contribution in [0.3, 0.4) is 0 Å². The van der Waals surface area contributed by atoms with Crippen molar-refractivity contribution in [1.29, 1.82) is 0 Å². The van der Waals surface area contributed by atoms with E-state index in [0.717, 1.165) is 18.9 Å². The Balaban J connectivity index is 1.52. The molecular formula is C15H25ClO. The minimum atomic E-state index is 0.373. The normalized spacial score (nSPS) is 37.2. The molecule has 3 rings (SSSR count). The second kappa shape index (κ2) is 5.09. The third kappa shape index (κ3) is 2.26. The Labute approximate surface area is 110 Å². The van der Waals surface area contributed by atoms with Gasteiger partial charge >= 0.3 is 0 Å². The summed E-state index contributed by atoms with van der Waals surface area (Å²) in [5, 5.41) is 0.399. The summed E-state index contributed by atoms with van der Waals surface area (Å²) >= 11 is 6.49. The van der Waals surface area contributed by atoms with E-state index in [2.05, 4.69) is 0 Å². The predicted molar refractivity (Wildman–Crippen MR) is 71.5 cm³/mol. The van der Waals surface area contributed by atoms with Gasteiger partial charge in [-0.05, 0) is 38.0 Å². The van der Waals surface area contributed by atoms with Crippen molar-refractivity contribution in [2.45, 2.75) is 75.7 Å². The van der Waals surface area contributed by atoms with E-state index >= 15 is 0 Å². The first-order valence-corrected chi connectivity index (χ1v) is 8.00. The molecular weight excluding hydrogens is 232 g/mol. The topological polar surface area (TPSA) is 9.23 Å². The quantitative estimate of drug-likeness (QED) is 0.675. The van der Waals surface area contributed by atoms with E-state index in [1.165, 1.54) is 57.8 Å². The van der Waals surface area contributed by atoms with Crippen molar-refractivity contribution >= 4 is 11.6 Å². The highest BCUT2D eigenvalue weighted by molar-refractivity contribution is 6.21. The molecule has 0 bridgehead atoms. The standard InChI is InChI=1S/C15H25ClO/c16-13-10-14(15(13)8-4-1-5-9-15)17-11-12-6-2-3-7-12/h12-14H,1-11H2. The molecule has 0 heterocycles. The number of alkyl halides is 1. The summed E-state index contributed by atoms with van der Waals surface area (Å²) in [5.74, 6) is 0.852. The van der Waals surface area contributed by atoms with Crippen LogP contribution in [0, 0.1) is 11.3 Å². The second-order valence-corrected chi connectivity index (χ2v) is 7.00. The largest absolute Gasteiger partial charge is 0.377 e. The van der Waals surface area contributed by atoms with Gasteiger partial charge in [-0.15, -0.1) is 11.6 Å². The molecule has 0 radical (unpaired) electrons. The van der Waals surface area contributed by atoms with E-state index in [-0.39, 0.29) is 0 Å². The average Bonchev–Trinajstić information content (AvgIpc) is 2.88. The van der Waals surface area contributed by atoms with Gasteiger partial charge in [-0.1, -0.05) is 32.1 Å². The van der Waals surface area contributed by atoms with Crippen molar-refractivity contribution in [2.75, 3.05) is 6.61 Å². The van der Waals surface area contributed by atoms with Crippen molar-refractivity contribution in [3.05, 3.63) is 0 Å². The van der Waals surface area contributed by atoms with Crippen LogP contribution in [-0.2, 0) is 4.74 Å². The van der Waals surface area contributed by atoms with Crippen LogP contribution in [0.4, 0.5) is 0 Å². The molecule has 0 aromatic heterocycles. The SMILES string of the molecule is ClC1CC(OCC2CCCC2)C12CCCCC2. The van der Waals surface area contributed by atoms with Crippen LogP contribution in [0.5, 0.6) is 0 Å². The van der Waals surface area contributed by atoms with Gasteiger partial charge in [-0.25, -0.2) is 0 Å². The lowest BCUT2D eigenvalue weighted by Gasteiger charge is -2.55. The molecule has 0 aliphatic heterocycles. The van der Waals surface area contributed by atoms with Crippen LogP contribution in [0.1, 0.15) is 64.2 Å². The minimum absolute atomic E-state index is 0.373. The van der Waals surface area contributed by atoms with Crippen LogP contribution >= 0.6 is 11.6 Å². The lowest BCUT2D eigenvalue weighted by molar-refractivity contribution is -0.131. The Hall–Kier alpha value is 0.250. The van der Waals surface area contributed by atoms with Gasteiger partial charge in [0.2, 0.25) is 0 Å². The van der Waals surface area contributed by atoms with Crippen molar-refractivity contribution in [2.24, 2.45) is 11.3 Å². The van der Waals surface area contributed by atoms with Gasteiger partial charge in [0, 0.05) is 17.4 Å². The maximum Gasteiger partial charge on any atom is 0.0659 e. The lowest BCUT2D eigenvalue weighted by atomic mass is 9.58. The van der Waals surface area contributed by atoms with E-state index in [1.54, 1.807) is 0 Å². The Morgan fingerprint density at radius 2 is 1.71 bits per heavy atom. The van der Waals surface area contributed by atoms with Crippen molar-refractivity contribution < 1.29 is 4.74 Å². The maximum absolute atomic E-state index is 6.49. The minimum Gasteiger partial charge on any atom is -0.377 e. The van der Waals surface area contributed by atoms with Crippen LogP contribution in [0.25, 0.3) is 0 Å². The van der Waals surface area contributed by atoms with Gasteiger partial charge in [0.1, 0.15) is 0 Å². The van der Waals surface area contributed by atoms with E-state index in [0.29, 0.717) is 16.9 Å². The Morgan fingerprint density at radius 3 is 2.35 bits per heavy atom. The van der Waals surface area contributed by atoms with Gasteiger partial charge in [0.15, 0.2) is 0 Å². The van der Waals surface area contributed by atoms with E-state index in [1.807, 2.05) is 0 Å². The molecule has 2 atom stereocenters. The van der Waals surface area contributed by atoms with Crippen molar-refractivity contribution in [1.82, 2.24) is 0 Å². The number of rotatable bonds is 3. The zero-order valence-corrected chi connectivity index (χ0v) is 11.6. The molecule has 2 unspecified atom stereocenters. The fraction of sp³-hybridized carbons (Fsp3) is 1.00. The van der Waals surface area contributed by atoms with E-state index < -0.39 is 0 Å². The highest BCUT2D eigenvalue weighted by Crippen LogP contribution is 2.55. The molecule has 0 amide bonds. The third-order valence-electron chi connectivity index (χ3n) is 5.48. The van der Waals surface area contributed by atoms with Gasteiger partial charge in [-0.3, -0.25) is 0 Å². The zero-order valence-electron chi connectivity index (χ0n) is 10.8. The number of ether oxygens (including phenoxy) is 1. The van der Waals surface area contributed by atoms with Gasteiger partial charge in [0.25, 0.3) is 0 Å². The number of hydrogen-bond acceptors (Lipinski definition) is 1. The number of halogens is 1. The molecule has 98 valence electrons. The molecule has 1 nitrogen and oxygen atoms in total. The van der Waals surface area contributed by atoms with Gasteiger partial charge < -0.3 is 4.74 Å². The molecule has 0 N–H and O–H groups in total. The van der Waals surface area contributed by atoms with Crippen LogP contribution in [0.15, 0.2) is 0 Å². The molecule has 17 heavy (non-hydrogen) atoms. The summed E-state index contributed by atoms with van der Waals surface area (Å²) in [6.45, 7) is 1.01. The van der Waals surface area contributed by atoms with Crippen molar-refractivity contribution in [3.63, 3.8) is 0 Å². The van der Waals surface area contributed by atoms with Gasteiger partial charge in [-0.2, -0.15) is 0 Å². The number of hydrogen-bond donors (Lipinski definition) is 0. The smallest absolute Gasteiger partial charge is 0.0659 e. The fourth-order valence-electron chi connectivity index (χ4n) is 4.21. The molecule has 1 spiro atoms. The average molecular weight is 257 g/mol. The zero-order chi connectivity index (χ0) is 11.7. The monoisotopic (exact) mass is 256 g/mol. The van der Waals surface area contributed by atoms with E-state index in [9.17, 15) is 0 Å². The summed E-state index contributed by atoms with van der Waals surface area (Å²) in [6.07, 6.45) is 14.0. The first-order chi connectivity index (χ1) is 8.31. The molecule has 0 aromatic rings. The fourth-order valence-corrected chi connectivity index (χ4v) is 4.73. The maximum atomic E-state index is 6.49. The molecule has 3 fully saturated rings. The van der Waals surface area contributed by atoms with Crippen LogP contribution in [-0.4, -0.2) is 18.1 Å². The lowest BCUT2D eigenvalue weighted by Crippen LogP contribution is -2.56. The third-order valence-corrected chi connectivity index (χ3v) is 6.09. The van der Waals surface area contributed by atoms with Gasteiger partial charge in [0.05, 0.1) is 6.10 Å². The van der Waals surface area contributed by atoms with Crippen LogP contribution < -0.4 is 0 Å². The summed E-state index contributed by atoms with van der Waals surface area (Å²) in [5.41, 5.74) is 0.373. The predicted octanol–water partition coefficient (Wildman–Crippen LogP) is 4.52. The van der Waals surface area contributed by atoms with E-state index in [4.69, 9.17) is 16.3 Å². The highest BCUT2D eigenvalue weighted by Gasteiger charge is 2.54. The molecule has 3 saturated carbocycles. The summed E-state index contributed by atoms with van der Waals surface area (Å²) < 4.78 is 6.24. The first kappa shape index (κ1) is 12.3. The molecule has 3 aliphatic carbocycles. The highest BCUT2D eigenvalue weighted by atomic mass is 35.5. The Morgan fingerprint density at radius 1 is 1.00 bits per heavy atom. The Kier molecular flexibility index (Phi) is 3.68. The molecule has 0 saturated heterocycles. The summed E-state index contributed by atoms with van der Waals surface area (Å²) in [7, 11) is 0. The molecule has 3 aliphatic rings.